The second kappa shape index (κ2) is 12.1. The smallest absolute Gasteiger partial charge is 0.0599 e. The zero-order valence-corrected chi connectivity index (χ0v) is 13.0. The summed E-state index contributed by atoms with van der Waals surface area (Å²) in [5.41, 5.74) is 0. The summed E-state index contributed by atoms with van der Waals surface area (Å²) in [5, 5.41) is 3.37. The highest BCUT2D eigenvalue weighted by molar-refractivity contribution is 4.79. The minimum Gasteiger partial charge on any atom is -0.378 e. The molecule has 0 radical (unpaired) electrons. The summed E-state index contributed by atoms with van der Waals surface area (Å²) in [7, 11) is 0. The van der Waals surface area contributed by atoms with Crippen LogP contribution in [0.4, 0.5) is 0 Å². The molecule has 3 nitrogen and oxygen atoms in total. The van der Waals surface area contributed by atoms with E-state index in [1.807, 2.05) is 12.2 Å². The van der Waals surface area contributed by atoms with Crippen LogP contribution in [-0.2, 0) is 4.74 Å². The van der Waals surface area contributed by atoms with Gasteiger partial charge in [-0.3, -0.25) is 4.90 Å². The summed E-state index contributed by atoms with van der Waals surface area (Å²) in [4.78, 5) is 2.38. The Balaban J connectivity index is 1.90. The average Bonchev–Trinajstić information content (AvgIpc) is 2.47. The second-order valence-corrected chi connectivity index (χ2v) is 5.57. The maximum atomic E-state index is 5.91. The first-order valence-electron chi connectivity index (χ1n) is 8.13. The Hall–Kier alpha value is -0.640. The largest absolute Gasteiger partial charge is 0.378 e. The average molecular weight is 280 g/mol. The van der Waals surface area contributed by atoms with Crippen LogP contribution in [0.5, 0.6) is 0 Å². The van der Waals surface area contributed by atoms with Crippen LogP contribution in [0.25, 0.3) is 0 Å². The van der Waals surface area contributed by atoms with Crippen LogP contribution in [0.1, 0.15) is 38.5 Å². The molecule has 116 valence electrons. The molecule has 1 fully saturated rings. The molecule has 0 aliphatic carbocycles. The Morgan fingerprint density at radius 1 is 1.00 bits per heavy atom. The molecule has 0 aromatic carbocycles. The Bertz CT molecular complexity index is 239. The first-order chi connectivity index (χ1) is 9.86. The molecule has 0 aromatic heterocycles. The monoisotopic (exact) mass is 280 g/mol. The van der Waals surface area contributed by atoms with Crippen LogP contribution >= 0.6 is 0 Å². The fourth-order valence-electron chi connectivity index (χ4n) is 2.63. The van der Waals surface area contributed by atoms with Gasteiger partial charge < -0.3 is 10.1 Å². The van der Waals surface area contributed by atoms with Crippen LogP contribution in [0.3, 0.4) is 0 Å². The van der Waals surface area contributed by atoms with Crippen LogP contribution in [0.15, 0.2) is 25.3 Å². The molecule has 1 N–H and O–H groups in total. The van der Waals surface area contributed by atoms with E-state index in [1.165, 1.54) is 38.5 Å². The molecular formula is C17H32N2O. The molecule has 1 rings (SSSR count). The number of nitrogens with zero attached hydrogens (tertiary/aromatic N) is 1. The van der Waals surface area contributed by atoms with E-state index in [4.69, 9.17) is 4.74 Å². The van der Waals surface area contributed by atoms with Gasteiger partial charge in [-0.25, -0.2) is 0 Å². The highest BCUT2D eigenvalue weighted by Crippen LogP contribution is 2.09. The quantitative estimate of drug-likeness (QED) is 0.439. The normalized spacial score (nSPS) is 16.4. The fraction of sp³-hybridized carbons (Fsp3) is 0.765. The van der Waals surface area contributed by atoms with Gasteiger partial charge in [-0.2, -0.15) is 0 Å². The van der Waals surface area contributed by atoms with E-state index in [-0.39, 0.29) is 0 Å². The zero-order valence-electron chi connectivity index (χ0n) is 13.0. The Morgan fingerprint density at radius 2 is 1.65 bits per heavy atom. The van der Waals surface area contributed by atoms with Crippen molar-refractivity contribution in [1.29, 1.82) is 0 Å². The third kappa shape index (κ3) is 8.51. The molecule has 0 spiro atoms. The maximum absolute atomic E-state index is 5.91. The predicted molar refractivity (Wildman–Crippen MR) is 87.1 cm³/mol. The molecule has 3 heteroatoms. The van der Waals surface area contributed by atoms with Gasteiger partial charge in [0, 0.05) is 19.7 Å². The van der Waals surface area contributed by atoms with Gasteiger partial charge in [0.05, 0.1) is 6.10 Å². The zero-order chi connectivity index (χ0) is 14.5. The van der Waals surface area contributed by atoms with E-state index >= 15 is 0 Å². The molecule has 0 unspecified atom stereocenters. The predicted octanol–water partition coefficient (Wildman–Crippen LogP) is 2.99. The summed E-state index contributed by atoms with van der Waals surface area (Å²) in [6.45, 7) is 13.8. The molecule has 20 heavy (non-hydrogen) atoms. The van der Waals surface area contributed by atoms with Crippen LogP contribution in [-0.4, -0.2) is 50.3 Å². The van der Waals surface area contributed by atoms with E-state index in [2.05, 4.69) is 23.4 Å². The van der Waals surface area contributed by atoms with Crippen molar-refractivity contribution in [3.63, 3.8) is 0 Å². The topological polar surface area (TPSA) is 24.5 Å². The van der Waals surface area contributed by atoms with Gasteiger partial charge in [0.25, 0.3) is 0 Å². The minimum absolute atomic E-state index is 0.506. The van der Waals surface area contributed by atoms with Crippen molar-refractivity contribution >= 4 is 0 Å². The van der Waals surface area contributed by atoms with E-state index in [1.54, 1.807) is 0 Å². The third-order valence-electron chi connectivity index (χ3n) is 3.78. The van der Waals surface area contributed by atoms with Crippen LogP contribution in [0.2, 0.25) is 0 Å². The number of hydrogen-bond donors (Lipinski definition) is 1. The summed E-state index contributed by atoms with van der Waals surface area (Å²) < 4.78 is 5.91. The lowest BCUT2D eigenvalue weighted by Gasteiger charge is -2.23. The molecule has 0 aromatic rings. The number of ether oxygens (including phenoxy) is 1. The van der Waals surface area contributed by atoms with Gasteiger partial charge in [-0.05, 0) is 45.3 Å². The number of rotatable bonds is 12. The van der Waals surface area contributed by atoms with Crippen molar-refractivity contribution in [3.05, 3.63) is 25.3 Å². The summed E-state index contributed by atoms with van der Waals surface area (Å²) in [6, 6.07) is 0. The van der Waals surface area contributed by atoms with Crippen molar-refractivity contribution in [2.45, 2.75) is 44.6 Å². The Kier molecular flexibility index (Phi) is 10.6. The van der Waals surface area contributed by atoms with E-state index in [0.29, 0.717) is 6.10 Å². The van der Waals surface area contributed by atoms with Crippen molar-refractivity contribution in [3.8, 4) is 0 Å². The first-order valence-corrected chi connectivity index (χ1v) is 8.13. The van der Waals surface area contributed by atoms with Gasteiger partial charge in [0.15, 0.2) is 0 Å². The molecule has 1 saturated heterocycles. The molecule has 1 aliphatic rings. The third-order valence-corrected chi connectivity index (χ3v) is 3.78. The van der Waals surface area contributed by atoms with E-state index < -0.39 is 0 Å². The highest BCUT2D eigenvalue weighted by Gasteiger charge is 2.12. The maximum Gasteiger partial charge on any atom is 0.0599 e. The second-order valence-electron chi connectivity index (χ2n) is 5.57. The lowest BCUT2D eigenvalue weighted by Crippen LogP contribution is -2.32. The summed E-state index contributed by atoms with van der Waals surface area (Å²) >= 11 is 0. The summed E-state index contributed by atoms with van der Waals surface area (Å²) in [6.07, 6.45) is 11.8. The van der Waals surface area contributed by atoms with Crippen LogP contribution in [0, 0.1) is 0 Å². The van der Waals surface area contributed by atoms with Crippen molar-refractivity contribution in [2.75, 3.05) is 39.3 Å². The van der Waals surface area contributed by atoms with Crippen molar-refractivity contribution in [2.24, 2.45) is 0 Å². The lowest BCUT2D eigenvalue weighted by molar-refractivity contribution is 0.0307. The van der Waals surface area contributed by atoms with Crippen molar-refractivity contribution < 1.29 is 4.74 Å². The van der Waals surface area contributed by atoms with Crippen molar-refractivity contribution in [1.82, 2.24) is 10.2 Å². The van der Waals surface area contributed by atoms with Gasteiger partial charge in [-0.15, -0.1) is 13.2 Å². The fourth-order valence-corrected chi connectivity index (χ4v) is 2.63. The summed E-state index contributed by atoms with van der Waals surface area (Å²) in [5.74, 6) is 0. The molecule has 0 amide bonds. The highest BCUT2D eigenvalue weighted by atomic mass is 16.5. The van der Waals surface area contributed by atoms with E-state index in [0.717, 1.165) is 39.3 Å². The van der Waals surface area contributed by atoms with Gasteiger partial charge in [-0.1, -0.05) is 25.0 Å². The lowest BCUT2D eigenvalue weighted by atomic mass is 10.1. The molecule has 0 bridgehead atoms. The number of unbranched alkanes of at least 4 members (excludes halogenated alkanes) is 3. The Morgan fingerprint density at radius 3 is 2.30 bits per heavy atom. The Labute approximate surface area is 125 Å². The SMILES string of the molecule is C=CCN(CC=C)CCCCCCOC1CCNCC1. The molecule has 0 atom stereocenters. The van der Waals surface area contributed by atoms with E-state index in [9.17, 15) is 0 Å². The molecular weight excluding hydrogens is 248 g/mol. The minimum atomic E-state index is 0.506. The number of hydrogen-bond acceptors (Lipinski definition) is 3. The van der Waals surface area contributed by atoms with Gasteiger partial charge in [0.2, 0.25) is 0 Å². The van der Waals surface area contributed by atoms with Gasteiger partial charge >= 0.3 is 0 Å². The molecule has 1 heterocycles. The van der Waals surface area contributed by atoms with Crippen LogP contribution < -0.4 is 5.32 Å². The standard InChI is InChI=1S/C17H32N2O/c1-3-13-19(14-4-2)15-7-5-6-8-16-20-17-9-11-18-12-10-17/h3-4,17-18H,1-2,5-16H2. The molecule has 0 saturated carbocycles. The number of piperidine rings is 1. The van der Waals surface area contributed by atoms with Gasteiger partial charge in [0.1, 0.15) is 0 Å². The first kappa shape index (κ1) is 17.4. The number of nitrogens with one attached hydrogen (secondary N) is 1. The molecule has 1 aliphatic heterocycles.